The molecule has 3 aromatic rings. The number of benzene rings is 1. The second-order valence-electron chi connectivity index (χ2n) is 6.73. The zero-order valence-corrected chi connectivity index (χ0v) is 14.3. The van der Waals surface area contributed by atoms with Gasteiger partial charge in [0, 0.05) is 17.6 Å². The number of oxazole rings is 1. The van der Waals surface area contributed by atoms with E-state index in [0.717, 1.165) is 35.6 Å². The summed E-state index contributed by atoms with van der Waals surface area (Å²) in [6.07, 6.45) is 5.97. The fourth-order valence-electron chi connectivity index (χ4n) is 3.33. The minimum Gasteiger partial charge on any atom is -0.440 e. The van der Waals surface area contributed by atoms with E-state index in [1.807, 2.05) is 31.5 Å². The first-order chi connectivity index (χ1) is 11.6. The molecule has 4 rings (SSSR count). The lowest BCUT2D eigenvalue weighted by Crippen LogP contribution is -2.41. The van der Waals surface area contributed by atoms with Crippen molar-refractivity contribution in [3.05, 3.63) is 48.6 Å². The van der Waals surface area contributed by atoms with Gasteiger partial charge >= 0.3 is 0 Å². The third-order valence-electron chi connectivity index (χ3n) is 4.88. The maximum absolute atomic E-state index is 5.84. The van der Waals surface area contributed by atoms with Crippen molar-refractivity contribution in [1.82, 2.24) is 19.4 Å². The lowest BCUT2D eigenvalue weighted by molar-refractivity contribution is 0.129. The first-order valence-electron chi connectivity index (χ1n) is 8.35. The minimum absolute atomic E-state index is 0.449. The Kier molecular flexibility index (Phi) is 3.73. The summed E-state index contributed by atoms with van der Waals surface area (Å²) in [6, 6.07) is 11.3. The van der Waals surface area contributed by atoms with Crippen molar-refractivity contribution in [2.75, 3.05) is 14.1 Å². The van der Waals surface area contributed by atoms with Crippen molar-refractivity contribution in [2.24, 2.45) is 0 Å². The molecule has 5 nitrogen and oxygen atoms in total. The highest BCUT2D eigenvalue weighted by molar-refractivity contribution is 5.74. The van der Waals surface area contributed by atoms with Crippen molar-refractivity contribution >= 4 is 0 Å². The van der Waals surface area contributed by atoms with Crippen LogP contribution >= 0.6 is 0 Å². The number of aryl methyl sites for hydroxylation is 1. The van der Waals surface area contributed by atoms with Gasteiger partial charge in [0.2, 0.25) is 5.89 Å². The molecule has 1 saturated carbocycles. The first kappa shape index (κ1) is 15.1. The summed E-state index contributed by atoms with van der Waals surface area (Å²) in [5.41, 5.74) is 3.01. The van der Waals surface area contributed by atoms with Gasteiger partial charge < -0.3 is 13.9 Å². The van der Waals surface area contributed by atoms with Gasteiger partial charge in [0.25, 0.3) is 0 Å². The number of rotatable bonds is 4. The average molecular weight is 322 g/mol. The molecule has 5 heteroatoms. The van der Waals surface area contributed by atoms with Crippen LogP contribution in [0.4, 0.5) is 0 Å². The van der Waals surface area contributed by atoms with Crippen LogP contribution in [0.1, 0.15) is 24.6 Å². The maximum atomic E-state index is 5.84. The normalized spacial score (nSPS) is 20.3. The predicted octanol–water partition coefficient (Wildman–Crippen LogP) is 3.78. The molecule has 1 aliphatic rings. The van der Waals surface area contributed by atoms with Gasteiger partial charge in [0.05, 0.1) is 12.5 Å². The fraction of sp³-hybridized carbons (Fsp3) is 0.368. The number of imidazole rings is 1. The average Bonchev–Trinajstić information content (AvgIpc) is 3.12. The van der Waals surface area contributed by atoms with Crippen LogP contribution in [0, 0.1) is 6.92 Å². The molecule has 0 aliphatic heterocycles. The van der Waals surface area contributed by atoms with E-state index in [9.17, 15) is 0 Å². The topological polar surface area (TPSA) is 47.1 Å². The number of hydrogen-bond acceptors (Lipinski definition) is 4. The van der Waals surface area contributed by atoms with E-state index in [2.05, 4.69) is 40.7 Å². The highest BCUT2D eigenvalue weighted by Gasteiger charge is 2.34. The van der Waals surface area contributed by atoms with Gasteiger partial charge in [0.1, 0.15) is 17.1 Å². The summed E-state index contributed by atoms with van der Waals surface area (Å²) in [7, 11) is 4.28. The molecule has 0 bridgehead atoms. The largest absolute Gasteiger partial charge is 0.440 e. The molecular weight excluding hydrogens is 300 g/mol. The predicted molar refractivity (Wildman–Crippen MR) is 93.6 cm³/mol. The van der Waals surface area contributed by atoms with Crippen molar-refractivity contribution in [2.45, 2.75) is 31.8 Å². The number of hydrogen-bond donors (Lipinski definition) is 0. The van der Waals surface area contributed by atoms with Crippen LogP contribution in [-0.4, -0.2) is 39.6 Å². The van der Waals surface area contributed by atoms with E-state index in [0.29, 0.717) is 18.0 Å². The van der Waals surface area contributed by atoms with Gasteiger partial charge in [-0.3, -0.25) is 0 Å². The zero-order chi connectivity index (χ0) is 16.7. The van der Waals surface area contributed by atoms with Crippen molar-refractivity contribution in [3.63, 3.8) is 0 Å². The van der Waals surface area contributed by atoms with E-state index in [1.165, 1.54) is 0 Å². The molecular formula is C19H22N4O. The SMILES string of the molecule is Cc1cnc(-c2c(-c3ccccc3)ncn2C2CC(N(C)C)C2)o1. The molecule has 24 heavy (non-hydrogen) atoms. The van der Waals surface area contributed by atoms with Crippen LogP contribution in [-0.2, 0) is 0 Å². The zero-order valence-electron chi connectivity index (χ0n) is 14.3. The van der Waals surface area contributed by atoms with Crippen LogP contribution in [0.5, 0.6) is 0 Å². The van der Waals surface area contributed by atoms with Crippen molar-refractivity contribution in [3.8, 4) is 22.8 Å². The second kappa shape index (κ2) is 5.91. The van der Waals surface area contributed by atoms with Gasteiger partial charge in [-0.05, 0) is 33.9 Å². The van der Waals surface area contributed by atoms with Crippen LogP contribution < -0.4 is 0 Å². The van der Waals surface area contributed by atoms with Gasteiger partial charge in [-0.1, -0.05) is 30.3 Å². The van der Waals surface area contributed by atoms with Gasteiger partial charge in [-0.15, -0.1) is 0 Å². The quantitative estimate of drug-likeness (QED) is 0.733. The summed E-state index contributed by atoms with van der Waals surface area (Å²) in [5.74, 6) is 1.47. The molecule has 1 aliphatic carbocycles. The summed E-state index contributed by atoms with van der Waals surface area (Å²) in [6.45, 7) is 1.92. The third kappa shape index (κ3) is 2.55. The van der Waals surface area contributed by atoms with Gasteiger partial charge in [-0.25, -0.2) is 9.97 Å². The van der Waals surface area contributed by atoms with E-state index in [-0.39, 0.29) is 0 Å². The monoisotopic (exact) mass is 322 g/mol. The van der Waals surface area contributed by atoms with E-state index < -0.39 is 0 Å². The molecule has 0 atom stereocenters. The molecule has 0 amide bonds. The highest BCUT2D eigenvalue weighted by atomic mass is 16.4. The van der Waals surface area contributed by atoms with Crippen LogP contribution in [0.3, 0.4) is 0 Å². The maximum Gasteiger partial charge on any atom is 0.245 e. The Hall–Kier alpha value is -2.40. The second-order valence-corrected chi connectivity index (χ2v) is 6.73. The molecule has 124 valence electrons. The highest BCUT2D eigenvalue weighted by Crippen LogP contribution is 2.40. The van der Waals surface area contributed by atoms with E-state index in [1.54, 1.807) is 6.20 Å². The van der Waals surface area contributed by atoms with Crippen molar-refractivity contribution in [1.29, 1.82) is 0 Å². The molecule has 2 heterocycles. The Morgan fingerprint density at radius 2 is 1.88 bits per heavy atom. The van der Waals surface area contributed by atoms with E-state index in [4.69, 9.17) is 9.40 Å². The molecule has 0 radical (unpaired) electrons. The molecule has 2 aromatic heterocycles. The Morgan fingerprint density at radius 3 is 2.50 bits per heavy atom. The Bertz CT molecular complexity index is 828. The Labute approximate surface area is 142 Å². The van der Waals surface area contributed by atoms with Gasteiger partial charge in [0.15, 0.2) is 0 Å². The van der Waals surface area contributed by atoms with Crippen LogP contribution in [0.2, 0.25) is 0 Å². The first-order valence-corrected chi connectivity index (χ1v) is 8.35. The fourth-order valence-corrected chi connectivity index (χ4v) is 3.33. The van der Waals surface area contributed by atoms with Crippen molar-refractivity contribution < 1.29 is 4.42 Å². The van der Waals surface area contributed by atoms with Crippen LogP contribution in [0.15, 0.2) is 47.3 Å². The molecule has 1 fully saturated rings. The van der Waals surface area contributed by atoms with Crippen LogP contribution in [0.25, 0.3) is 22.8 Å². The summed E-state index contributed by atoms with van der Waals surface area (Å²) in [4.78, 5) is 11.4. The summed E-state index contributed by atoms with van der Waals surface area (Å²) in [5, 5.41) is 0. The molecule has 0 unspecified atom stereocenters. The lowest BCUT2D eigenvalue weighted by atomic mass is 9.85. The third-order valence-corrected chi connectivity index (χ3v) is 4.88. The Balaban J connectivity index is 1.77. The Morgan fingerprint density at radius 1 is 1.12 bits per heavy atom. The van der Waals surface area contributed by atoms with E-state index >= 15 is 0 Å². The lowest BCUT2D eigenvalue weighted by Gasteiger charge is -2.40. The number of aromatic nitrogens is 3. The summed E-state index contributed by atoms with van der Waals surface area (Å²) >= 11 is 0. The van der Waals surface area contributed by atoms with Gasteiger partial charge in [-0.2, -0.15) is 0 Å². The molecule has 0 saturated heterocycles. The molecule has 1 aromatic carbocycles. The minimum atomic E-state index is 0.449. The molecule has 0 spiro atoms. The molecule has 0 N–H and O–H groups in total. The summed E-state index contributed by atoms with van der Waals surface area (Å²) < 4.78 is 8.09. The standard InChI is InChI=1S/C19H22N4O/c1-13-11-20-19(24-13)18-17(14-7-5-4-6-8-14)21-12-23(18)16-9-15(10-16)22(2)3/h4-8,11-12,15-16H,9-10H2,1-3H3. The smallest absolute Gasteiger partial charge is 0.245 e. The number of nitrogens with zero attached hydrogens (tertiary/aromatic N) is 4.